The molecular weight excluding hydrogens is 448 g/mol. The second-order valence-electron chi connectivity index (χ2n) is 6.13. The molecule has 0 aliphatic heterocycles. The molecule has 0 saturated carbocycles. The maximum absolute atomic E-state index is 12.1. The number of fused-ring (bicyclic) bond motifs is 1. The van der Waals surface area contributed by atoms with Crippen molar-refractivity contribution < 1.29 is 19.1 Å². The van der Waals surface area contributed by atoms with Crippen LogP contribution >= 0.6 is 23.4 Å². The molecule has 0 heterocycles. The predicted octanol–water partition coefficient (Wildman–Crippen LogP) is 4.59. The van der Waals surface area contributed by atoms with Crippen LogP contribution in [0.3, 0.4) is 0 Å². The van der Waals surface area contributed by atoms with Crippen LogP contribution < -0.4 is 15.8 Å². The lowest BCUT2D eigenvalue weighted by Gasteiger charge is -2.12. The van der Waals surface area contributed by atoms with Crippen LogP contribution in [0, 0.1) is 0 Å². The van der Waals surface area contributed by atoms with Crippen molar-refractivity contribution in [3.63, 3.8) is 0 Å². The zero-order chi connectivity index (χ0) is 23.8. The van der Waals surface area contributed by atoms with Gasteiger partial charge in [-0.2, -0.15) is 0 Å². The Hall–Kier alpha value is -3.29. The molecule has 8 heteroatoms. The van der Waals surface area contributed by atoms with E-state index in [1.807, 2.05) is 49.4 Å². The van der Waals surface area contributed by atoms with Crippen molar-refractivity contribution in [1.29, 1.82) is 0 Å². The van der Waals surface area contributed by atoms with Crippen molar-refractivity contribution in [2.75, 3.05) is 13.2 Å². The van der Waals surface area contributed by atoms with Crippen LogP contribution in [-0.2, 0) is 14.4 Å². The molecule has 0 aliphatic carbocycles. The van der Waals surface area contributed by atoms with Crippen molar-refractivity contribution in [1.82, 2.24) is 5.32 Å². The number of ether oxygens (including phenoxy) is 1. The van der Waals surface area contributed by atoms with Crippen LogP contribution in [0.4, 0.5) is 0 Å². The van der Waals surface area contributed by atoms with Crippen molar-refractivity contribution in [2.45, 2.75) is 6.92 Å². The highest BCUT2D eigenvalue weighted by atomic mass is 35.5. The summed E-state index contributed by atoms with van der Waals surface area (Å²) in [6, 6.07) is 11.5. The second-order valence-corrected chi connectivity index (χ2v) is 7.46. The van der Waals surface area contributed by atoms with Crippen molar-refractivity contribution >= 4 is 58.1 Å². The van der Waals surface area contributed by atoms with Crippen LogP contribution in [0.25, 0.3) is 16.8 Å². The third kappa shape index (κ3) is 9.24. The van der Waals surface area contributed by atoms with Crippen molar-refractivity contribution in [2.24, 2.45) is 5.73 Å². The van der Waals surface area contributed by atoms with Gasteiger partial charge in [-0.25, -0.2) is 0 Å². The Labute approximate surface area is 196 Å². The summed E-state index contributed by atoms with van der Waals surface area (Å²) in [6.07, 6.45) is 7.30. The van der Waals surface area contributed by atoms with Gasteiger partial charge >= 0.3 is 0 Å². The van der Waals surface area contributed by atoms with E-state index in [9.17, 15) is 9.59 Å². The Morgan fingerprint density at radius 1 is 1.22 bits per heavy atom. The minimum absolute atomic E-state index is 0.102. The molecule has 0 radical (unpaired) electrons. The van der Waals surface area contributed by atoms with Crippen molar-refractivity contribution in [3.05, 3.63) is 82.8 Å². The topological polar surface area (TPSA) is 98.5 Å². The number of allylic oxidation sites excluding steroid dienone is 3. The zero-order valence-electron chi connectivity index (χ0n) is 17.6. The first kappa shape index (κ1) is 26.7. The average molecular weight is 473 g/mol. The number of thioether (sulfide) groups is 1. The van der Waals surface area contributed by atoms with Gasteiger partial charge in [0.1, 0.15) is 5.75 Å². The van der Waals surface area contributed by atoms with Gasteiger partial charge < -0.3 is 15.8 Å². The Balaban J connectivity index is 0.00000161. The maximum Gasteiger partial charge on any atom is 0.258 e. The summed E-state index contributed by atoms with van der Waals surface area (Å²) in [5.41, 5.74) is 8.18. The molecule has 0 aliphatic rings. The minimum Gasteiger partial charge on any atom is -0.483 e. The van der Waals surface area contributed by atoms with Crippen LogP contribution in [0.2, 0.25) is 0 Å². The number of nitrogens with one attached hydrogen (secondary N) is 1. The standard InChI is InChI=1S/C23H22ClNO3S.CH3NO/c1-3-18(7-6-12-24)14-25-23(27)15-28-22-11-10-19(13-17(2)29-16-26)20-8-4-5-9-21(20)22;2-1-3/h3-13,16H,1,14-15H2,2H3,(H,25,27);1H,(H2,2,3)/b12-6+,17-13-,18-7+;. The molecule has 0 saturated heterocycles. The van der Waals surface area contributed by atoms with Gasteiger partial charge in [0.2, 0.25) is 6.41 Å². The number of hydrogen-bond donors (Lipinski definition) is 2. The maximum atomic E-state index is 12.1. The molecule has 2 rings (SSSR count). The first-order valence-electron chi connectivity index (χ1n) is 9.44. The summed E-state index contributed by atoms with van der Waals surface area (Å²) < 4.78 is 5.76. The highest BCUT2D eigenvalue weighted by Gasteiger charge is 2.08. The number of halogens is 1. The number of carbonyl (C=O) groups excluding carboxylic acids is 3. The van der Waals surface area contributed by atoms with Crippen LogP contribution in [0.15, 0.2) is 77.2 Å². The van der Waals surface area contributed by atoms with E-state index in [2.05, 4.69) is 17.6 Å². The molecule has 0 fully saturated rings. The molecule has 2 amide bonds. The molecule has 0 atom stereocenters. The van der Waals surface area contributed by atoms with Crippen LogP contribution in [0.5, 0.6) is 5.75 Å². The van der Waals surface area contributed by atoms with E-state index in [1.54, 1.807) is 18.2 Å². The number of hydrogen-bond acceptors (Lipinski definition) is 5. The van der Waals surface area contributed by atoms with Gasteiger partial charge in [0, 0.05) is 17.5 Å². The monoisotopic (exact) mass is 472 g/mol. The number of amides is 2. The van der Waals surface area contributed by atoms with Crippen molar-refractivity contribution in [3.8, 4) is 5.75 Å². The summed E-state index contributed by atoms with van der Waals surface area (Å²) in [6.45, 7) is 5.83. The molecule has 0 spiro atoms. The molecule has 32 heavy (non-hydrogen) atoms. The van der Waals surface area contributed by atoms with E-state index in [0.717, 1.165) is 44.2 Å². The van der Waals surface area contributed by atoms with Gasteiger partial charge in [-0.05, 0) is 40.5 Å². The Morgan fingerprint density at radius 2 is 1.91 bits per heavy atom. The fraction of sp³-hybridized carbons (Fsp3) is 0.125. The summed E-state index contributed by atoms with van der Waals surface area (Å²) in [5, 5.41) is 4.67. The van der Waals surface area contributed by atoms with Crippen LogP contribution in [0.1, 0.15) is 12.5 Å². The Bertz CT molecular complexity index is 1030. The molecule has 2 aromatic rings. The molecule has 2 aromatic carbocycles. The second kappa shape index (κ2) is 15.5. The van der Waals surface area contributed by atoms with E-state index in [-0.39, 0.29) is 18.9 Å². The lowest BCUT2D eigenvalue weighted by molar-refractivity contribution is -0.122. The molecular formula is C24H25ClN2O4S. The number of rotatable bonds is 10. The highest BCUT2D eigenvalue weighted by Crippen LogP contribution is 2.30. The number of primary amides is 1. The number of benzene rings is 2. The lowest BCUT2D eigenvalue weighted by Crippen LogP contribution is -2.30. The molecule has 3 N–H and O–H groups in total. The van der Waals surface area contributed by atoms with Gasteiger partial charge in [0.25, 0.3) is 5.91 Å². The zero-order valence-corrected chi connectivity index (χ0v) is 19.2. The van der Waals surface area contributed by atoms with E-state index >= 15 is 0 Å². The summed E-state index contributed by atoms with van der Waals surface area (Å²) in [5.74, 6) is 0.386. The third-order valence-corrected chi connectivity index (χ3v) is 4.74. The fourth-order valence-electron chi connectivity index (χ4n) is 2.63. The molecule has 0 unspecified atom stereocenters. The molecule has 0 bridgehead atoms. The molecule has 0 aromatic heterocycles. The summed E-state index contributed by atoms with van der Waals surface area (Å²) in [4.78, 5) is 32.3. The van der Waals surface area contributed by atoms with Gasteiger partial charge in [-0.1, -0.05) is 78.5 Å². The third-order valence-electron chi connectivity index (χ3n) is 4.00. The van der Waals surface area contributed by atoms with E-state index in [0.29, 0.717) is 12.3 Å². The predicted molar refractivity (Wildman–Crippen MR) is 134 cm³/mol. The smallest absolute Gasteiger partial charge is 0.258 e. The van der Waals surface area contributed by atoms with E-state index in [4.69, 9.17) is 21.1 Å². The first-order valence-corrected chi connectivity index (χ1v) is 10.8. The minimum atomic E-state index is -0.237. The normalized spacial score (nSPS) is 11.4. The summed E-state index contributed by atoms with van der Waals surface area (Å²) >= 11 is 6.64. The highest BCUT2D eigenvalue weighted by molar-refractivity contribution is 8.15. The SMILES string of the molecule is C=C/C(=C\C=C\Cl)CNC(=O)COc1ccc(/C=C(/C)SC=O)c2ccccc12.NC=O. The molecule has 168 valence electrons. The quantitative estimate of drug-likeness (QED) is 0.389. The summed E-state index contributed by atoms with van der Waals surface area (Å²) in [7, 11) is 0. The first-order chi connectivity index (χ1) is 15.5. The lowest BCUT2D eigenvalue weighted by atomic mass is 10.0. The molecule has 6 nitrogen and oxygen atoms in total. The van der Waals surface area contributed by atoms with E-state index < -0.39 is 0 Å². The van der Waals surface area contributed by atoms with E-state index in [1.165, 1.54) is 5.54 Å². The Morgan fingerprint density at radius 3 is 2.53 bits per heavy atom. The Kier molecular flexibility index (Phi) is 13.0. The van der Waals surface area contributed by atoms with Gasteiger partial charge in [0.05, 0.1) is 0 Å². The van der Waals surface area contributed by atoms with Gasteiger partial charge in [-0.3, -0.25) is 14.4 Å². The number of carbonyl (C=O) groups is 3. The van der Waals surface area contributed by atoms with Gasteiger partial charge in [0.15, 0.2) is 12.2 Å². The average Bonchev–Trinajstić information content (AvgIpc) is 2.79. The fourth-order valence-corrected chi connectivity index (χ4v) is 3.05. The largest absolute Gasteiger partial charge is 0.483 e. The van der Waals surface area contributed by atoms with Crippen LogP contribution in [-0.4, -0.2) is 31.1 Å². The van der Waals surface area contributed by atoms with Gasteiger partial charge in [-0.15, -0.1) is 0 Å². The number of nitrogens with two attached hydrogens (primary N) is 1.